The predicted molar refractivity (Wildman–Crippen MR) is 86.0 cm³/mol. The number of benzene rings is 1. The van der Waals surface area contributed by atoms with E-state index >= 15 is 0 Å². The fourth-order valence-corrected chi connectivity index (χ4v) is 3.26. The number of halogens is 1. The third kappa shape index (κ3) is 2.51. The summed E-state index contributed by atoms with van der Waals surface area (Å²) in [5, 5.41) is 7.18. The van der Waals surface area contributed by atoms with E-state index in [0.717, 1.165) is 24.1 Å². The molecule has 0 saturated carbocycles. The number of nitrogens with zero attached hydrogens (tertiary/aromatic N) is 4. The molecule has 1 atom stereocenters. The van der Waals surface area contributed by atoms with E-state index in [1.54, 1.807) is 29.4 Å². The molecule has 2 aromatic heterocycles. The van der Waals surface area contributed by atoms with E-state index in [1.807, 2.05) is 0 Å². The maximum Gasteiger partial charge on any atom is 0.256 e. The van der Waals surface area contributed by atoms with Crippen LogP contribution in [0.15, 0.2) is 36.7 Å². The number of fused-ring (bicyclic) bond motifs is 1. The van der Waals surface area contributed by atoms with Crippen LogP contribution in [0, 0.1) is 5.82 Å². The Morgan fingerprint density at radius 2 is 2.08 bits per heavy atom. The Bertz CT molecular complexity index is 893. The summed E-state index contributed by atoms with van der Waals surface area (Å²) < 4.78 is 13.9. The number of likely N-dealkylation sites (tertiary alicyclic amines) is 1. The van der Waals surface area contributed by atoms with E-state index in [4.69, 9.17) is 0 Å². The molecule has 4 rings (SSSR count). The number of carbonyl (C=O) groups excluding carboxylic acids is 1. The van der Waals surface area contributed by atoms with Gasteiger partial charge in [-0.05, 0) is 25.0 Å². The first-order chi connectivity index (χ1) is 11.7. The molecular weight excluding hydrogens is 309 g/mol. The molecule has 3 heterocycles. The summed E-state index contributed by atoms with van der Waals surface area (Å²) in [4.78, 5) is 22.8. The average Bonchev–Trinajstić information content (AvgIpc) is 3.06. The van der Waals surface area contributed by atoms with Gasteiger partial charge >= 0.3 is 0 Å². The highest BCUT2D eigenvalue weighted by atomic mass is 19.1. The third-order valence-electron chi connectivity index (χ3n) is 4.44. The Morgan fingerprint density at radius 1 is 1.25 bits per heavy atom. The average molecular weight is 325 g/mol. The summed E-state index contributed by atoms with van der Waals surface area (Å²) in [6, 6.07) is 6.10. The summed E-state index contributed by atoms with van der Waals surface area (Å²) in [5.74, 6) is -0.661. The number of hydrogen-bond acceptors (Lipinski definition) is 4. The summed E-state index contributed by atoms with van der Waals surface area (Å²) in [6.45, 7) is 1.14. The van der Waals surface area contributed by atoms with Crippen LogP contribution >= 0.6 is 0 Å². The maximum absolute atomic E-state index is 13.9. The number of rotatable bonds is 2. The van der Waals surface area contributed by atoms with E-state index in [1.165, 1.54) is 12.1 Å². The zero-order valence-corrected chi connectivity index (χ0v) is 12.9. The van der Waals surface area contributed by atoms with Crippen molar-refractivity contribution in [3.63, 3.8) is 0 Å². The van der Waals surface area contributed by atoms with Gasteiger partial charge in [-0.25, -0.2) is 14.4 Å². The second kappa shape index (κ2) is 5.99. The molecule has 6 nitrogen and oxygen atoms in total. The van der Waals surface area contributed by atoms with Crippen LogP contribution in [0.2, 0.25) is 0 Å². The summed E-state index contributed by atoms with van der Waals surface area (Å²) in [5.41, 5.74) is 2.32. The fraction of sp³-hybridized carbons (Fsp3) is 0.294. The van der Waals surface area contributed by atoms with Crippen molar-refractivity contribution in [3.05, 3.63) is 53.7 Å². The Morgan fingerprint density at radius 3 is 2.96 bits per heavy atom. The van der Waals surface area contributed by atoms with Crippen LogP contribution in [0.4, 0.5) is 4.39 Å². The zero-order valence-electron chi connectivity index (χ0n) is 12.9. The van der Waals surface area contributed by atoms with E-state index in [-0.39, 0.29) is 17.4 Å². The molecule has 1 saturated heterocycles. The highest BCUT2D eigenvalue weighted by Gasteiger charge is 2.29. The highest BCUT2D eigenvalue weighted by molar-refractivity contribution is 5.94. The smallest absolute Gasteiger partial charge is 0.256 e. The lowest BCUT2D eigenvalue weighted by Gasteiger charge is -2.32. The first-order valence-corrected chi connectivity index (χ1v) is 7.93. The Balaban J connectivity index is 1.60. The van der Waals surface area contributed by atoms with Crippen molar-refractivity contribution < 1.29 is 9.18 Å². The first kappa shape index (κ1) is 14.7. The molecule has 0 spiro atoms. The summed E-state index contributed by atoms with van der Waals surface area (Å²) in [6.07, 6.45) is 5.01. The van der Waals surface area contributed by atoms with E-state index in [2.05, 4.69) is 20.2 Å². The molecule has 0 aliphatic carbocycles. The molecule has 7 heteroatoms. The van der Waals surface area contributed by atoms with Gasteiger partial charge in [-0.15, -0.1) is 0 Å². The normalized spacial score (nSPS) is 18.0. The summed E-state index contributed by atoms with van der Waals surface area (Å²) >= 11 is 0. The van der Waals surface area contributed by atoms with Crippen molar-refractivity contribution in [2.75, 3.05) is 13.1 Å². The van der Waals surface area contributed by atoms with Gasteiger partial charge in [0.15, 0.2) is 5.65 Å². The number of carbonyl (C=O) groups is 1. The minimum absolute atomic E-state index is 0.0937. The number of hydrogen-bond donors (Lipinski definition) is 1. The summed E-state index contributed by atoms with van der Waals surface area (Å²) in [7, 11) is 0. The number of amides is 1. The lowest BCUT2D eigenvalue weighted by molar-refractivity contribution is 0.0701. The first-order valence-electron chi connectivity index (χ1n) is 7.93. The van der Waals surface area contributed by atoms with Gasteiger partial charge < -0.3 is 4.90 Å². The number of piperidine rings is 1. The molecule has 24 heavy (non-hydrogen) atoms. The van der Waals surface area contributed by atoms with Crippen molar-refractivity contribution in [3.8, 4) is 0 Å². The van der Waals surface area contributed by atoms with Gasteiger partial charge in [-0.2, -0.15) is 5.10 Å². The Labute approximate surface area is 137 Å². The van der Waals surface area contributed by atoms with Crippen LogP contribution in [0.25, 0.3) is 11.2 Å². The predicted octanol–water partition coefficient (Wildman–Crippen LogP) is 2.51. The van der Waals surface area contributed by atoms with Crippen molar-refractivity contribution >= 4 is 17.1 Å². The van der Waals surface area contributed by atoms with Gasteiger partial charge in [0, 0.05) is 31.4 Å². The monoisotopic (exact) mass is 325 g/mol. The molecule has 1 aliphatic heterocycles. The largest absolute Gasteiger partial charge is 0.338 e. The van der Waals surface area contributed by atoms with E-state index < -0.39 is 5.82 Å². The highest BCUT2D eigenvalue weighted by Crippen LogP contribution is 2.29. The van der Waals surface area contributed by atoms with E-state index in [9.17, 15) is 9.18 Å². The van der Waals surface area contributed by atoms with Crippen LogP contribution in [0.5, 0.6) is 0 Å². The van der Waals surface area contributed by atoms with Gasteiger partial charge in [0.2, 0.25) is 0 Å². The molecular formula is C17H16FN5O. The van der Waals surface area contributed by atoms with Gasteiger partial charge in [-0.1, -0.05) is 12.1 Å². The molecule has 122 valence electrons. The topological polar surface area (TPSA) is 74.8 Å². The van der Waals surface area contributed by atoms with Gasteiger partial charge in [0.25, 0.3) is 5.91 Å². The fourth-order valence-electron chi connectivity index (χ4n) is 3.26. The van der Waals surface area contributed by atoms with Crippen molar-refractivity contribution in [2.45, 2.75) is 18.8 Å². The molecule has 0 radical (unpaired) electrons. The van der Waals surface area contributed by atoms with Crippen LogP contribution < -0.4 is 0 Å². The quantitative estimate of drug-likeness (QED) is 0.785. The van der Waals surface area contributed by atoms with Crippen LogP contribution in [-0.4, -0.2) is 44.1 Å². The Kier molecular flexibility index (Phi) is 3.68. The van der Waals surface area contributed by atoms with Crippen molar-refractivity contribution in [1.29, 1.82) is 0 Å². The molecule has 0 unspecified atom stereocenters. The zero-order chi connectivity index (χ0) is 16.5. The van der Waals surface area contributed by atoms with Crippen LogP contribution in [0.3, 0.4) is 0 Å². The minimum Gasteiger partial charge on any atom is -0.338 e. The SMILES string of the molecule is O=C(c1ccccc1F)N1CCC[C@@H](c2[nH]nc3nccnc23)C1. The second-order valence-electron chi connectivity index (χ2n) is 5.94. The minimum atomic E-state index is -0.484. The molecule has 0 bridgehead atoms. The molecule has 3 aromatic rings. The van der Waals surface area contributed by atoms with Crippen LogP contribution in [-0.2, 0) is 0 Å². The number of aromatic amines is 1. The molecule has 1 amide bonds. The van der Waals surface area contributed by atoms with E-state index in [0.29, 0.717) is 18.7 Å². The molecule has 1 N–H and O–H groups in total. The molecule has 1 aromatic carbocycles. The molecule has 1 fully saturated rings. The third-order valence-corrected chi connectivity index (χ3v) is 4.44. The second-order valence-corrected chi connectivity index (χ2v) is 5.94. The lowest BCUT2D eigenvalue weighted by Crippen LogP contribution is -2.39. The van der Waals surface area contributed by atoms with Crippen LogP contribution in [0.1, 0.15) is 34.8 Å². The lowest BCUT2D eigenvalue weighted by atomic mass is 9.93. The van der Waals surface area contributed by atoms with Gasteiger partial charge in [0.05, 0.1) is 11.3 Å². The van der Waals surface area contributed by atoms with Crippen molar-refractivity contribution in [1.82, 2.24) is 25.1 Å². The number of nitrogens with one attached hydrogen (secondary N) is 1. The molecule has 1 aliphatic rings. The van der Waals surface area contributed by atoms with Crippen molar-refractivity contribution in [2.24, 2.45) is 0 Å². The Hall–Kier alpha value is -2.83. The number of aromatic nitrogens is 4. The standard InChI is InChI=1S/C17H16FN5O/c18-13-6-2-1-5-12(13)17(24)23-9-3-4-11(10-23)14-15-16(22-21-14)20-8-7-19-15/h1-2,5-8,11H,3-4,9-10H2,(H,20,21,22)/t11-/m1/s1. The number of H-pyrrole nitrogens is 1. The maximum atomic E-state index is 13.9. The van der Waals surface area contributed by atoms with Gasteiger partial charge in [0.1, 0.15) is 11.3 Å². The van der Waals surface area contributed by atoms with Gasteiger partial charge in [-0.3, -0.25) is 9.89 Å².